The van der Waals surface area contributed by atoms with Crippen LogP contribution in [0.5, 0.6) is 0 Å². The van der Waals surface area contributed by atoms with Crippen molar-refractivity contribution in [2.24, 2.45) is 0 Å². The highest BCUT2D eigenvalue weighted by Crippen LogP contribution is 2.08. The first-order chi connectivity index (χ1) is 8.74. The number of hydrogen-bond acceptors (Lipinski definition) is 4. The number of benzene rings is 1. The Morgan fingerprint density at radius 3 is 3.11 bits per heavy atom. The van der Waals surface area contributed by atoms with Crippen LogP contribution in [-0.4, -0.2) is 38.3 Å². The lowest BCUT2D eigenvalue weighted by atomic mass is 10.1. The molecule has 0 radical (unpaired) electrons. The highest BCUT2D eigenvalue weighted by atomic mass is 16.5. The second-order valence-electron chi connectivity index (χ2n) is 4.20. The van der Waals surface area contributed by atoms with Gasteiger partial charge in [-0.05, 0) is 18.2 Å². The summed E-state index contributed by atoms with van der Waals surface area (Å²) in [5.74, 6) is -0.178. The standard InChI is InChI=1S/C13H15N3O2/c1-18-12-8-15-7-11(12)16-13(17)10-4-2-3-9(5-10)6-14/h2-5,11-12,15H,7-8H2,1H3,(H,16,17)/t11?,12-/m1/s1. The fourth-order valence-electron chi connectivity index (χ4n) is 2.03. The van der Waals surface area contributed by atoms with Crippen LogP contribution in [0.3, 0.4) is 0 Å². The number of ether oxygens (including phenoxy) is 1. The Bertz CT molecular complexity index is 481. The van der Waals surface area contributed by atoms with Gasteiger partial charge in [-0.1, -0.05) is 6.07 Å². The molecular weight excluding hydrogens is 230 g/mol. The molecule has 1 aliphatic rings. The van der Waals surface area contributed by atoms with Crippen molar-refractivity contribution in [3.8, 4) is 6.07 Å². The first-order valence-corrected chi connectivity index (χ1v) is 5.79. The van der Waals surface area contributed by atoms with E-state index in [1.54, 1.807) is 31.4 Å². The topological polar surface area (TPSA) is 74.2 Å². The Balaban J connectivity index is 2.05. The van der Waals surface area contributed by atoms with E-state index in [0.29, 0.717) is 17.7 Å². The Kier molecular flexibility index (Phi) is 3.92. The molecule has 94 valence electrons. The Morgan fingerprint density at radius 1 is 1.56 bits per heavy atom. The minimum Gasteiger partial charge on any atom is -0.378 e. The molecule has 5 nitrogen and oxygen atoms in total. The summed E-state index contributed by atoms with van der Waals surface area (Å²) in [6.07, 6.45) is -0.00639. The van der Waals surface area contributed by atoms with Gasteiger partial charge in [-0.25, -0.2) is 0 Å². The number of hydrogen-bond donors (Lipinski definition) is 2. The van der Waals surface area contributed by atoms with Gasteiger partial charge < -0.3 is 15.4 Å². The number of carbonyl (C=O) groups is 1. The van der Waals surface area contributed by atoms with Gasteiger partial charge in [-0.2, -0.15) is 5.26 Å². The largest absolute Gasteiger partial charge is 0.378 e. The number of nitrogens with one attached hydrogen (secondary N) is 2. The summed E-state index contributed by atoms with van der Waals surface area (Å²) in [4.78, 5) is 12.0. The van der Waals surface area contributed by atoms with Gasteiger partial charge >= 0.3 is 0 Å². The second-order valence-corrected chi connectivity index (χ2v) is 4.20. The molecule has 1 fully saturated rings. The van der Waals surface area contributed by atoms with Gasteiger partial charge in [0.25, 0.3) is 5.91 Å². The average Bonchev–Trinajstić information content (AvgIpc) is 2.86. The smallest absolute Gasteiger partial charge is 0.251 e. The molecule has 1 aromatic carbocycles. The highest BCUT2D eigenvalue weighted by Gasteiger charge is 2.28. The molecule has 2 N–H and O–H groups in total. The zero-order valence-corrected chi connectivity index (χ0v) is 10.1. The zero-order valence-electron chi connectivity index (χ0n) is 10.1. The second kappa shape index (κ2) is 5.63. The van der Waals surface area contributed by atoms with Gasteiger partial charge in [-0.15, -0.1) is 0 Å². The number of nitrogens with zero attached hydrogens (tertiary/aromatic N) is 1. The van der Waals surface area contributed by atoms with Crippen LogP contribution >= 0.6 is 0 Å². The van der Waals surface area contributed by atoms with E-state index in [1.165, 1.54) is 0 Å². The maximum atomic E-state index is 12.0. The van der Waals surface area contributed by atoms with Crippen molar-refractivity contribution in [1.82, 2.24) is 10.6 Å². The van der Waals surface area contributed by atoms with E-state index >= 15 is 0 Å². The lowest BCUT2D eigenvalue weighted by molar-refractivity contribution is 0.0780. The van der Waals surface area contributed by atoms with Crippen molar-refractivity contribution >= 4 is 5.91 Å². The van der Waals surface area contributed by atoms with Crippen molar-refractivity contribution < 1.29 is 9.53 Å². The monoisotopic (exact) mass is 245 g/mol. The molecule has 1 amide bonds. The van der Waals surface area contributed by atoms with Crippen LogP contribution in [0.15, 0.2) is 24.3 Å². The fraction of sp³-hybridized carbons (Fsp3) is 0.385. The Hall–Kier alpha value is -1.90. The summed E-state index contributed by atoms with van der Waals surface area (Å²) in [5, 5.41) is 14.9. The minimum absolute atomic E-state index is 0.00639. The van der Waals surface area contributed by atoms with Crippen LogP contribution in [-0.2, 0) is 4.74 Å². The van der Waals surface area contributed by atoms with Crippen LogP contribution < -0.4 is 10.6 Å². The lowest BCUT2D eigenvalue weighted by Crippen LogP contribution is -2.43. The first kappa shape index (κ1) is 12.6. The number of amides is 1. The summed E-state index contributed by atoms with van der Waals surface area (Å²) in [6, 6.07) is 8.64. The Labute approximate surface area is 106 Å². The molecule has 0 bridgehead atoms. The molecule has 1 saturated heterocycles. The van der Waals surface area contributed by atoms with Crippen molar-refractivity contribution in [2.45, 2.75) is 12.1 Å². The SMILES string of the molecule is CO[C@@H]1CNCC1NC(=O)c1cccc(C#N)c1. The average molecular weight is 245 g/mol. The maximum absolute atomic E-state index is 12.0. The van der Waals surface area contributed by atoms with Crippen molar-refractivity contribution in [1.29, 1.82) is 5.26 Å². The maximum Gasteiger partial charge on any atom is 0.251 e. The summed E-state index contributed by atoms with van der Waals surface area (Å²) in [7, 11) is 1.63. The van der Waals surface area contributed by atoms with E-state index in [-0.39, 0.29) is 18.1 Å². The molecule has 2 rings (SSSR count). The number of methoxy groups -OCH3 is 1. The molecule has 2 atom stereocenters. The normalized spacial score (nSPS) is 22.4. The number of rotatable bonds is 3. The molecule has 0 aromatic heterocycles. The van der Waals surface area contributed by atoms with Gasteiger partial charge in [-0.3, -0.25) is 4.79 Å². The third-order valence-corrected chi connectivity index (χ3v) is 3.03. The third kappa shape index (κ3) is 2.67. The number of carbonyl (C=O) groups excluding carboxylic acids is 1. The number of nitriles is 1. The summed E-state index contributed by atoms with van der Waals surface area (Å²) < 4.78 is 5.28. The van der Waals surface area contributed by atoms with E-state index in [2.05, 4.69) is 10.6 Å². The van der Waals surface area contributed by atoms with Crippen molar-refractivity contribution in [2.75, 3.05) is 20.2 Å². The summed E-state index contributed by atoms with van der Waals surface area (Å²) in [6.45, 7) is 1.43. The van der Waals surface area contributed by atoms with Gasteiger partial charge in [0, 0.05) is 25.8 Å². The first-order valence-electron chi connectivity index (χ1n) is 5.79. The lowest BCUT2D eigenvalue weighted by Gasteiger charge is -2.18. The van der Waals surface area contributed by atoms with Crippen LogP contribution in [0.2, 0.25) is 0 Å². The van der Waals surface area contributed by atoms with Gasteiger partial charge in [0.1, 0.15) is 0 Å². The summed E-state index contributed by atoms with van der Waals surface area (Å²) >= 11 is 0. The zero-order chi connectivity index (χ0) is 13.0. The molecule has 18 heavy (non-hydrogen) atoms. The van der Waals surface area contributed by atoms with Crippen molar-refractivity contribution in [3.05, 3.63) is 35.4 Å². The third-order valence-electron chi connectivity index (χ3n) is 3.03. The molecule has 0 saturated carbocycles. The van der Waals surface area contributed by atoms with Crippen LogP contribution in [0.25, 0.3) is 0 Å². The Morgan fingerprint density at radius 2 is 2.39 bits per heavy atom. The molecule has 1 unspecified atom stereocenters. The van der Waals surface area contributed by atoms with E-state index in [9.17, 15) is 4.79 Å². The van der Waals surface area contributed by atoms with E-state index in [4.69, 9.17) is 10.00 Å². The summed E-state index contributed by atoms with van der Waals surface area (Å²) in [5.41, 5.74) is 0.978. The molecule has 5 heteroatoms. The van der Waals surface area contributed by atoms with Gasteiger partial charge in [0.05, 0.1) is 23.8 Å². The van der Waals surface area contributed by atoms with Crippen LogP contribution in [0.1, 0.15) is 15.9 Å². The van der Waals surface area contributed by atoms with E-state index < -0.39 is 0 Å². The van der Waals surface area contributed by atoms with Gasteiger partial charge in [0.15, 0.2) is 0 Å². The fourth-order valence-corrected chi connectivity index (χ4v) is 2.03. The molecule has 1 aromatic rings. The van der Waals surface area contributed by atoms with Gasteiger partial charge in [0.2, 0.25) is 0 Å². The molecule has 0 aliphatic carbocycles. The van der Waals surface area contributed by atoms with Crippen molar-refractivity contribution in [3.63, 3.8) is 0 Å². The minimum atomic E-state index is -0.178. The quantitative estimate of drug-likeness (QED) is 0.802. The molecule has 0 spiro atoms. The van der Waals surface area contributed by atoms with Crippen LogP contribution in [0, 0.1) is 11.3 Å². The predicted molar refractivity (Wildman–Crippen MR) is 66.1 cm³/mol. The predicted octanol–water partition coefficient (Wildman–Crippen LogP) is 0.275. The van der Waals surface area contributed by atoms with Crippen LogP contribution in [0.4, 0.5) is 0 Å². The van der Waals surface area contributed by atoms with E-state index in [1.807, 2.05) is 6.07 Å². The highest BCUT2D eigenvalue weighted by molar-refractivity contribution is 5.94. The van der Waals surface area contributed by atoms with E-state index in [0.717, 1.165) is 6.54 Å². The molecule has 1 aliphatic heterocycles. The molecular formula is C13H15N3O2. The molecule has 1 heterocycles.